The molecule has 0 radical (unpaired) electrons. The monoisotopic (exact) mass is 424 g/mol. The number of nitrogens with zero attached hydrogens (tertiary/aromatic N) is 3. The maximum Gasteiger partial charge on any atom is 0.227 e. The van der Waals surface area contributed by atoms with Gasteiger partial charge in [0.15, 0.2) is 0 Å². The van der Waals surface area contributed by atoms with Gasteiger partial charge in [-0.3, -0.25) is 14.5 Å². The summed E-state index contributed by atoms with van der Waals surface area (Å²) in [5.41, 5.74) is 1.91. The molecule has 2 aromatic carbocycles. The van der Waals surface area contributed by atoms with Gasteiger partial charge in [-0.25, -0.2) is 4.39 Å². The van der Waals surface area contributed by atoms with Gasteiger partial charge in [0.2, 0.25) is 11.8 Å². The Morgan fingerprint density at radius 3 is 2.39 bits per heavy atom. The fourth-order valence-corrected chi connectivity index (χ4v) is 4.28. The van der Waals surface area contributed by atoms with Crippen molar-refractivity contribution in [3.63, 3.8) is 0 Å². The van der Waals surface area contributed by atoms with Gasteiger partial charge >= 0.3 is 0 Å². The van der Waals surface area contributed by atoms with E-state index >= 15 is 0 Å². The molecule has 0 saturated carbocycles. The van der Waals surface area contributed by atoms with Gasteiger partial charge in [0.25, 0.3) is 0 Å². The second kappa shape index (κ2) is 9.92. The number of para-hydroxylation sites is 1. The van der Waals surface area contributed by atoms with Crippen molar-refractivity contribution in [1.82, 2.24) is 10.2 Å². The summed E-state index contributed by atoms with van der Waals surface area (Å²) < 4.78 is 13.1. The van der Waals surface area contributed by atoms with Gasteiger partial charge in [0.1, 0.15) is 5.82 Å². The summed E-state index contributed by atoms with van der Waals surface area (Å²) in [4.78, 5) is 31.2. The Hall–Kier alpha value is -2.93. The second-order valence-corrected chi connectivity index (χ2v) is 8.19. The molecular formula is C24H29FN4O2. The zero-order valence-electron chi connectivity index (χ0n) is 17.7. The number of hydrogen-bond acceptors (Lipinski definition) is 4. The van der Waals surface area contributed by atoms with Crippen molar-refractivity contribution < 1.29 is 14.0 Å². The van der Waals surface area contributed by atoms with Crippen molar-refractivity contribution in [3.05, 3.63) is 60.4 Å². The zero-order valence-corrected chi connectivity index (χ0v) is 17.7. The average molecular weight is 425 g/mol. The summed E-state index contributed by atoms with van der Waals surface area (Å²) in [6.45, 7) is 5.72. The number of carbonyl (C=O) groups is 2. The van der Waals surface area contributed by atoms with E-state index in [0.717, 1.165) is 50.5 Å². The van der Waals surface area contributed by atoms with E-state index in [1.807, 2.05) is 42.5 Å². The van der Waals surface area contributed by atoms with Gasteiger partial charge in [-0.1, -0.05) is 18.2 Å². The number of rotatable bonds is 7. The molecule has 2 aliphatic heterocycles. The molecule has 31 heavy (non-hydrogen) atoms. The van der Waals surface area contributed by atoms with E-state index in [9.17, 15) is 14.0 Å². The summed E-state index contributed by atoms with van der Waals surface area (Å²) in [6.07, 6.45) is 1.15. The normalized spacial score (nSPS) is 19.6. The minimum Gasteiger partial charge on any atom is -0.369 e. The predicted octanol–water partition coefficient (Wildman–Crippen LogP) is 2.51. The van der Waals surface area contributed by atoms with Crippen LogP contribution in [0, 0.1) is 11.7 Å². The van der Waals surface area contributed by atoms with Gasteiger partial charge in [0, 0.05) is 57.1 Å². The third-order valence-electron chi connectivity index (χ3n) is 6.08. The summed E-state index contributed by atoms with van der Waals surface area (Å²) >= 11 is 0. The fourth-order valence-electron chi connectivity index (χ4n) is 4.28. The number of amides is 2. The third kappa shape index (κ3) is 5.41. The van der Waals surface area contributed by atoms with Crippen LogP contribution >= 0.6 is 0 Å². The lowest BCUT2D eigenvalue weighted by molar-refractivity contribution is -0.126. The van der Waals surface area contributed by atoms with E-state index in [0.29, 0.717) is 13.1 Å². The van der Waals surface area contributed by atoms with Crippen molar-refractivity contribution >= 4 is 23.2 Å². The van der Waals surface area contributed by atoms with E-state index in [4.69, 9.17) is 0 Å². The van der Waals surface area contributed by atoms with Crippen LogP contribution in [-0.2, 0) is 9.59 Å². The molecule has 1 atom stereocenters. The van der Waals surface area contributed by atoms with Crippen LogP contribution in [0.2, 0.25) is 0 Å². The maximum absolute atomic E-state index is 13.1. The quantitative estimate of drug-likeness (QED) is 0.694. The van der Waals surface area contributed by atoms with Gasteiger partial charge in [-0.15, -0.1) is 0 Å². The number of piperazine rings is 1. The fraction of sp³-hybridized carbons (Fsp3) is 0.417. The lowest BCUT2D eigenvalue weighted by atomic mass is 10.1. The topological polar surface area (TPSA) is 55.9 Å². The molecule has 1 unspecified atom stereocenters. The standard InChI is InChI=1S/C24H29FN4O2/c25-20-7-9-21(10-8-20)28-15-13-27(14-16-28)12-4-11-26-24(31)19-17-23(30)29(18-19)22-5-2-1-3-6-22/h1-3,5-10,19H,4,11-18H2,(H,26,31). The largest absolute Gasteiger partial charge is 0.369 e. The van der Waals surface area contributed by atoms with Gasteiger partial charge in [-0.05, 0) is 49.4 Å². The van der Waals surface area contributed by atoms with Gasteiger partial charge < -0.3 is 15.1 Å². The molecule has 0 bridgehead atoms. The van der Waals surface area contributed by atoms with Crippen LogP contribution in [0.3, 0.4) is 0 Å². The molecule has 4 rings (SSSR count). The number of halogens is 1. The smallest absolute Gasteiger partial charge is 0.227 e. The van der Waals surface area contributed by atoms with Crippen LogP contribution < -0.4 is 15.1 Å². The van der Waals surface area contributed by atoms with Crippen molar-refractivity contribution in [2.45, 2.75) is 12.8 Å². The van der Waals surface area contributed by atoms with Crippen LogP contribution in [0.5, 0.6) is 0 Å². The molecule has 2 heterocycles. The first kappa shape index (κ1) is 21.3. The van der Waals surface area contributed by atoms with Crippen LogP contribution in [0.15, 0.2) is 54.6 Å². The number of carbonyl (C=O) groups excluding carboxylic acids is 2. The van der Waals surface area contributed by atoms with Gasteiger partial charge in [-0.2, -0.15) is 0 Å². The van der Waals surface area contributed by atoms with Crippen LogP contribution in [-0.4, -0.2) is 62.5 Å². The molecule has 0 spiro atoms. The Bertz CT molecular complexity index is 882. The van der Waals surface area contributed by atoms with Crippen molar-refractivity contribution in [2.24, 2.45) is 5.92 Å². The Labute approximate surface area is 182 Å². The molecule has 0 aromatic heterocycles. The predicted molar refractivity (Wildman–Crippen MR) is 120 cm³/mol. The zero-order chi connectivity index (χ0) is 21.6. The lowest BCUT2D eigenvalue weighted by Gasteiger charge is -2.36. The number of anilines is 2. The Morgan fingerprint density at radius 1 is 0.968 bits per heavy atom. The molecule has 2 aliphatic rings. The SMILES string of the molecule is O=C(NCCCN1CCN(c2ccc(F)cc2)CC1)C1CC(=O)N(c2ccccc2)C1. The molecule has 2 aromatic rings. The average Bonchev–Trinajstić information content (AvgIpc) is 3.20. The minimum atomic E-state index is -0.285. The van der Waals surface area contributed by atoms with E-state index in [1.165, 1.54) is 12.1 Å². The van der Waals surface area contributed by atoms with Crippen LogP contribution in [0.25, 0.3) is 0 Å². The number of benzene rings is 2. The van der Waals surface area contributed by atoms with Crippen molar-refractivity contribution in [2.75, 3.05) is 55.6 Å². The molecule has 7 heteroatoms. The lowest BCUT2D eigenvalue weighted by Crippen LogP contribution is -2.47. The Morgan fingerprint density at radius 2 is 1.68 bits per heavy atom. The molecule has 2 saturated heterocycles. The van der Waals surface area contributed by atoms with Crippen LogP contribution in [0.1, 0.15) is 12.8 Å². The molecule has 0 aliphatic carbocycles. The summed E-state index contributed by atoms with van der Waals surface area (Å²) in [5.74, 6) is -0.524. The first-order valence-electron chi connectivity index (χ1n) is 11.0. The molecule has 2 amide bonds. The number of hydrogen-bond donors (Lipinski definition) is 1. The number of nitrogens with one attached hydrogen (secondary N) is 1. The Balaban J connectivity index is 1.14. The van der Waals surface area contributed by atoms with Crippen LogP contribution in [0.4, 0.5) is 15.8 Å². The first-order valence-corrected chi connectivity index (χ1v) is 11.0. The molecular weight excluding hydrogens is 395 g/mol. The highest BCUT2D eigenvalue weighted by molar-refractivity contribution is 6.00. The summed E-state index contributed by atoms with van der Waals surface area (Å²) in [6, 6.07) is 16.2. The van der Waals surface area contributed by atoms with Crippen molar-refractivity contribution in [3.8, 4) is 0 Å². The van der Waals surface area contributed by atoms with Crippen molar-refractivity contribution in [1.29, 1.82) is 0 Å². The maximum atomic E-state index is 13.1. The molecule has 6 nitrogen and oxygen atoms in total. The summed E-state index contributed by atoms with van der Waals surface area (Å²) in [7, 11) is 0. The molecule has 2 fully saturated rings. The molecule has 164 valence electrons. The third-order valence-corrected chi connectivity index (χ3v) is 6.08. The van der Waals surface area contributed by atoms with E-state index in [-0.39, 0.29) is 30.0 Å². The molecule has 1 N–H and O–H groups in total. The van der Waals surface area contributed by atoms with Gasteiger partial charge in [0.05, 0.1) is 5.92 Å². The highest BCUT2D eigenvalue weighted by Crippen LogP contribution is 2.24. The summed E-state index contributed by atoms with van der Waals surface area (Å²) in [5, 5.41) is 3.01. The Kier molecular flexibility index (Phi) is 6.82. The van der Waals surface area contributed by atoms with E-state index in [2.05, 4.69) is 15.1 Å². The first-order chi connectivity index (χ1) is 15.1. The minimum absolute atomic E-state index is 0.00498. The highest BCUT2D eigenvalue weighted by Gasteiger charge is 2.34. The second-order valence-electron chi connectivity index (χ2n) is 8.19. The van der Waals surface area contributed by atoms with E-state index < -0.39 is 0 Å². The van der Waals surface area contributed by atoms with E-state index in [1.54, 1.807) is 4.90 Å². The highest BCUT2D eigenvalue weighted by atomic mass is 19.1.